The highest BCUT2D eigenvalue weighted by Crippen LogP contribution is 2.52. The molecule has 1 aliphatic carbocycles. The molecule has 1 saturated carbocycles. The van der Waals surface area contributed by atoms with Gasteiger partial charge in [0.25, 0.3) is 0 Å². The van der Waals surface area contributed by atoms with Crippen molar-refractivity contribution >= 4 is 12.1 Å². The van der Waals surface area contributed by atoms with Gasteiger partial charge in [0.15, 0.2) is 0 Å². The van der Waals surface area contributed by atoms with Crippen molar-refractivity contribution in [2.75, 3.05) is 0 Å². The van der Waals surface area contributed by atoms with E-state index < -0.39 is 18.2 Å². The third-order valence-corrected chi connectivity index (χ3v) is 4.46. The van der Waals surface area contributed by atoms with Crippen molar-refractivity contribution in [1.82, 2.24) is 4.90 Å². The third kappa shape index (κ3) is 1.66. The van der Waals surface area contributed by atoms with Gasteiger partial charge in [-0.15, -0.1) is 0 Å². The minimum atomic E-state index is -1.39. The highest BCUT2D eigenvalue weighted by Gasteiger charge is 2.60. The molecule has 3 rings (SSSR count). The fourth-order valence-electron chi connectivity index (χ4n) is 3.72. The Morgan fingerprint density at radius 1 is 1.47 bits per heavy atom. The van der Waals surface area contributed by atoms with E-state index in [9.17, 15) is 14.7 Å². The van der Waals surface area contributed by atoms with Gasteiger partial charge in [-0.3, -0.25) is 9.69 Å². The van der Waals surface area contributed by atoms with Gasteiger partial charge in [-0.05, 0) is 31.8 Å². The summed E-state index contributed by atoms with van der Waals surface area (Å²) in [4.78, 5) is 24.3. The number of aliphatic hydroxyl groups excluding tert-OH is 1. The highest BCUT2D eigenvalue weighted by molar-refractivity contribution is 5.90. The first-order valence-electron chi connectivity index (χ1n) is 6.67. The van der Waals surface area contributed by atoms with E-state index in [0.29, 0.717) is 0 Å². The normalized spacial score (nSPS) is 34.5. The molecule has 0 radical (unpaired) electrons. The molecule has 6 heteroatoms. The smallest absolute Gasteiger partial charge is 0.449 e. The number of β-lactam (4-membered cyclic amide) rings is 1. The maximum Gasteiger partial charge on any atom is 0.512 e. The van der Waals surface area contributed by atoms with Crippen LogP contribution in [-0.4, -0.2) is 39.3 Å². The van der Waals surface area contributed by atoms with Gasteiger partial charge in [0, 0.05) is 5.92 Å². The molecule has 2 fully saturated rings. The average molecular weight is 267 g/mol. The molecule has 4 unspecified atom stereocenters. The van der Waals surface area contributed by atoms with Crippen LogP contribution in [0.3, 0.4) is 0 Å². The molecule has 3 aliphatic rings. The summed E-state index contributed by atoms with van der Waals surface area (Å²) in [5, 5.41) is 18.5. The maximum atomic E-state index is 12.1. The first-order chi connectivity index (χ1) is 9.02. The van der Waals surface area contributed by atoms with Crippen LogP contribution in [0.25, 0.3) is 0 Å². The van der Waals surface area contributed by atoms with Crippen LogP contribution < -0.4 is 0 Å². The fraction of sp³-hybridized carbons (Fsp3) is 0.692. The molecule has 0 bridgehead atoms. The summed E-state index contributed by atoms with van der Waals surface area (Å²) in [7, 11) is 0. The van der Waals surface area contributed by atoms with E-state index in [1.165, 1.54) is 4.90 Å². The first kappa shape index (κ1) is 12.5. The van der Waals surface area contributed by atoms with Crippen molar-refractivity contribution in [1.29, 1.82) is 0 Å². The predicted molar refractivity (Wildman–Crippen MR) is 63.9 cm³/mol. The summed E-state index contributed by atoms with van der Waals surface area (Å²) < 4.78 is 4.83. The summed E-state index contributed by atoms with van der Waals surface area (Å²) in [5.41, 5.74) is 0.940. The Hall–Kier alpha value is -1.56. The van der Waals surface area contributed by atoms with E-state index in [1.807, 2.05) is 0 Å². The summed E-state index contributed by atoms with van der Waals surface area (Å²) in [6.07, 6.45) is 1.67. The Kier molecular flexibility index (Phi) is 2.78. The van der Waals surface area contributed by atoms with Crippen LogP contribution >= 0.6 is 0 Å². The molecular weight excluding hydrogens is 250 g/mol. The number of nitrogens with zero attached hydrogens (tertiary/aromatic N) is 1. The number of carboxylic acid groups (broad SMARTS) is 1. The topological polar surface area (TPSA) is 87.1 Å². The minimum absolute atomic E-state index is 0.114. The number of carbonyl (C=O) groups is 2. The Balaban J connectivity index is 1.94. The van der Waals surface area contributed by atoms with Crippen molar-refractivity contribution in [2.45, 2.75) is 44.8 Å². The molecule has 0 aromatic carbocycles. The summed E-state index contributed by atoms with van der Waals surface area (Å²) in [5.74, 6) is -0.282. The van der Waals surface area contributed by atoms with Gasteiger partial charge in [0.05, 0.1) is 18.1 Å². The molecular formula is C13H17NO5. The van der Waals surface area contributed by atoms with E-state index in [0.717, 1.165) is 31.3 Å². The van der Waals surface area contributed by atoms with Gasteiger partial charge >= 0.3 is 6.16 Å². The molecule has 4 atom stereocenters. The lowest BCUT2D eigenvalue weighted by atomic mass is 9.72. The van der Waals surface area contributed by atoms with Crippen LogP contribution in [0.2, 0.25) is 0 Å². The van der Waals surface area contributed by atoms with Gasteiger partial charge in [0.2, 0.25) is 11.8 Å². The number of amides is 1. The van der Waals surface area contributed by atoms with Crippen LogP contribution in [0.4, 0.5) is 4.79 Å². The van der Waals surface area contributed by atoms with Gasteiger partial charge < -0.3 is 14.9 Å². The quantitative estimate of drug-likeness (QED) is 0.581. The summed E-state index contributed by atoms with van der Waals surface area (Å²) >= 11 is 0. The van der Waals surface area contributed by atoms with Crippen molar-refractivity contribution < 1.29 is 24.5 Å². The first-order valence-corrected chi connectivity index (χ1v) is 6.67. The second-order valence-electron chi connectivity index (χ2n) is 5.52. The van der Waals surface area contributed by atoms with E-state index in [2.05, 4.69) is 0 Å². The largest absolute Gasteiger partial charge is 0.512 e. The molecule has 2 heterocycles. The fourth-order valence-corrected chi connectivity index (χ4v) is 3.72. The number of hydrogen-bond acceptors (Lipinski definition) is 4. The Labute approximate surface area is 110 Å². The Morgan fingerprint density at radius 3 is 2.84 bits per heavy atom. The number of carbonyl (C=O) groups excluding carboxylic acids is 1. The summed E-state index contributed by atoms with van der Waals surface area (Å²) in [6, 6.07) is -0.114. The van der Waals surface area contributed by atoms with Crippen LogP contribution in [-0.2, 0) is 9.53 Å². The highest BCUT2D eigenvalue weighted by atomic mass is 16.7. The lowest BCUT2D eigenvalue weighted by Crippen LogP contribution is -2.63. The van der Waals surface area contributed by atoms with E-state index in [4.69, 9.17) is 9.84 Å². The summed E-state index contributed by atoms with van der Waals surface area (Å²) in [6.45, 7) is 1.61. The second-order valence-corrected chi connectivity index (χ2v) is 5.52. The van der Waals surface area contributed by atoms with Gasteiger partial charge in [0.1, 0.15) is 0 Å². The van der Waals surface area contributed by atoms with Gasteiger partial charge in [-0.2, -0.15) is 0 Å². The Morgan fingerprint density at radius 2 is 2.21 bits per heavy atom. The van der Waals surface area contributed by atoms with E-state index in [-0.39, 0.29) is 23.8 Å². The standard InChI is InChI=1S/C13H17NO5/c1-6(15)9-10-7-4-2-3-5-8(7)12(19-13(17)18)14(10)11(9)16/h6-7,9-10,15H,2-5H2,1H3,(H,17,18). The average Bonchev–Trinajstić information content (AvgIpc) is 2.59. The van der Waals surface area contributed by atoms with Crippen LogP contribution in [0.5, 0.6) is 0 Å². The zero-order chi connectivity index (χ0) is 13.7. The number of ether oxygens (including phenoxy) is 1. The molecule has 0 aromatic heterocycles. The number of fused-ring (bicyclic) bond motifs is 3. The predicted octanol–water partition coefficient (Wildman–Crippen LogP) is 1.30. The van der Waals surface area contributed by atoms with Crippen molar-refractivity contribution in [3.05, 3.63) is 11.5 Å². The molecule has 6 nitrogen and oxygen atoms in total. The SMILES string of the molecule is CC(O)C1C(=O)N2C(OC(=O)O)=C3CCCCC3C12. The van der Waals surface area contributed by atoms with Crippen molar-refractivity contribution in [3.63, 3.8) is 0 Å². The molecule has 2 N–H and O–H groups in total. The van der Waals surface area contributed by atoms with Gasteiger partial charge in [-0.25, -0.2) is 4.79 Å². The lowest BCUT2D eigenvalue weighted by molar-refractivity contribution is -0.163. The van der Waals surface area contributed by atoms with E-state index >= 15 is 0 Å². The molecule has 0 aromatic rings. The zero-order valence-electron chi connectivity index (χ0n) is 10.7. The second kappa shape index (κ2) is 4.23. The number of rotatable bonds is 2. The van der Waals surface area contributed by atoms with Crippen LogP contribution in [0, 0.1) is 11.8 Å². The monoisotopic (exact) mass is 267 g/mol. The molecule has 19 heavy (non-hydrogen) atoms. The maximum absolute atomic E-state index is 12.1. The molecule has 1 saturated heterocycles. The van der Waals surface area contributed by atoms with Crippen molar-refractivity contribution in [3.8, 4) is 0 Å². The van der Waals surface area contributed by atoms with Crippen LogP contribution in [0.1, 0.15) is 32.6 Å². The van der Waals surface area contributed by atoms with Crippen molar-refractivity contribution in [2.24, 2.45) is 11.8 Å². The Bertz CT molecular complexity index is 470. The minimum Gasteiger partial charge on any atom is -0.449 e. The molecule has 1 amide bonds. The molecule has 0 spiro atoms. The molecule has 2 aliphatic heterocycles. The number of hydrogen-bond donors (Lipinski definition) is 2. The van der Waals surface area contributed by atoms with E-state index in [1.54, 1.807) is 6.92 Å². The third-order valence-electron chi connectivity index (χ3n) is 4.46. The number of aliphatic hydroxyl groups is 1. The van der Waals surface area contributed by atoms with Crippen LogP contribution in [0.15, 0.2) is 11.5 Å². The molecule has 104 valence electrons. The van der Waals surface area contributed by atoms with Gasteiger partial charge in [-0.1, -0.05) is 6.42 Å². The zero-order valence-corrected chi connectivity index (χ0v) is 10.7. The lowest BCUT2D eigenvalue weighted by Gasteiger charge is -2.47.